The minimum atomic E-state index is -0.622. The highest BCUT2D eigenvalue weighted by Crippen LogP contribution is 2.21. The van der Waals surface area contributed by atoms with Crippen LogP contribution in [-0.2, 0) is 0 Å². The Morgan fingerprint density at radius 3 is 3.00 bits per heavy atom. The van der Waals surface area contributed by atoms with Gasteiger partial charge in [0.1, 0.15) is 11.6 Å². The van der Waals surface area contributed by atoms with E-state index < -0.39 is 6.10 Å². The lowest BCUT2D eigenvalue weighted by atomic mass is 10.1. The van der Waals surface area contributed by atoms with Crippen molar-refractivity contribution in [2.75, 3.05) is 12.4 Å². The van der Waals surface area contributed by atoms with E-state index in [9.17, 15) is 5.11 Å². The first kappa shape index (κ1) is 11.8. The molecule has 6 nitrogen and oxygen atoms in total. The standard InChI is InChI=1S/C11H17N5O/c1-3-4-5-7(17)9-15-10(12-2)8-11(16-9)14-6-13-8/h6-7,17H,3-5H2,1-2H3,(H2,12,13,14,15,16). The molecule has 2 aromatic rings. The molecule has 0 saturated carbocycles. The molecule has 3 N–H and O–H groups in total. The number of hydrogen-bond acceptors (Lipinski definition) is 5. The number of H-pyrrole nitrogens is 1. The molecule has 0 fully saturated rings. The quantitative estimate of drug-likeness (QED) is 0.733. The third-order valence-corrected chi connectivity index (χ3v) is 2.67. The Morgan fingerprint density at radius 2 is 2.29 bits per heavy atom. The largest absolute Gasteiger partial charge is 0.385 e. The molecule has 92 valence electrons. The zero-order valence-corrected chi connectivity index (χ0v) is 10.1. The van der Waals surface area contributed by atoms with Crippen molar-refractivity contribution in [2.45, 2.75) is 32.3 Å². The summed E-state index contributed by atoms with van der Waals surface area (Å²) >= 11 is 0. The Morgan fingerprint density at radius 1 is 1.47 bits per heavy atom. The highest BCUT2D eigenvalue weighted by molar-refractivity contribution is 5.82. The van der Waals surface area contributed by atoms with Crippen LogP contribution in [-0.4, -0.2) is 32.1 Å². The molecule has 0 radical (unpaired) electrons. The van der Waals surface area contributed by atoms with Crippen LogP contribution in [0.3, 0.4) is 0 Å². The Kier molecular flexibility index (Phi) is 3.53. The Labute approximate surface area is 99.5 Å². The van der Waals surface area contributed by atoms with Crippen LogP contribution in [0.5, 0.6) is 0 Å². The summed E-state index contributed by atoms with van der Waals surface area (Å²) in [6.45, 7) is 2.09. The predicted molar refractivity (Wildman–Crippen MR) is 65.7 cm³/mol. The molecule has 0 spiro atoms. The minimum absolute atomic E-state index is 0.433. The van der Waals surface area contributed by atoms with Crippen LogP contribution >= 0.6 is 0 Å². The highest BCUT2D eigenvalue weighted by atomic mass is 16.3. The second-order valence-electron chi connectivity index (χ2n) is 3.94. The molecule has 0 aliphatic heterocycles. The number of rotatable bonds is 5. The lowest BCUT2D eigenvalue weighted by Gasteiger charge is -2.10. The van der Waals surface area contributed by atoms with Gasteiger partial charge in [0, 0.05) is 7.05 Å². The van der Waals surface area contributed by atoms with Gasteiger partial charge < -0.3 is 15.4 Å². The minimum Gasteiger partial charge on any atom is -0.385 e. The first-order valence-corrected chi connectivity index (χ1v) is 5.83. The maximum atomic E-state index is 9.98. The summed E-state index contributed by atoms with van der Waals surface area (Å²) in [4.78, 5) is 15.6. The third kappa shape index (κ3) is 2.36. The lowest BCUT2D eigenvalue weighted by molar-refractivity contribution is 0.155. The van der Waals surface area contributed by atoms with Crippen LogP contribution < -0.4 is 5.32 Å². The SMILES string of the molecule is CCCCC(O)c1nc(NC)c2[nH]cnc2n1. The van der Waals surface area contributed by atoms with Crippen LogP contribution in [0.1, 0.15) is 38.1 Å². The molecule has 0 saturated heterocycles. The smallest absolute Gasteiger partial charge is 0.183 e. The number of nitrogens with zero attached hydrogens (tertiary/aromatic N) is 3. The van der Waals surface area contributed by atoms with E-state index in [1.165, 1.54) is 0 Å². The summed E-state index contributed by atoms with van der Waals surface area (Å²) in [5, 5.41) is 13.0. The van der Waals surface area contributed by atoms with Crippen molar-refractivity contribution >= 4 is 17.0 Å². The number of nitrogens with one attached hydrogen (secondary N) is 2. The number of unbranched alkanes of at least 4 members (excludes halogenated alkanes) is 1. The van der Waals surface area contributed by atoms with Gasteiger partial charge in [-0.3, -0.25) is 0 Å². The average molecular weight is 235 g/mol. The van der Waals surface area contributed by atoms with Crippen LogP contribution in [0.4, 0.5) is 5.82 Å². The summed E-state index contributed by atoms with van der Waals surface area (Å²) in [6, 6.07) is 0. The van der Waals surface area contributed by atoms with Crippen molar-refractivity contribution < 1.29 is 5.11 Å². The van der Waals surface area contributed by atoms with E-state index in [1.807, 2.05) is 0 Å². The fraction of sp³-hybridized carbons (Fsp3) is 0.545. The Bertz CT molecular complexity index is 496. The maximum absolute atomic E-state index is 9.98. The van der Waals surface area contributed by atoms with Gasteiger partial charge in [0.25, 0.3) is 0 Å². The average Bonchev–Trinajstić information content (AvgIpc) is 2.82. The maximum Gasteiger partial charge on any atom is 0.183 e. The molecule has 0 aliphatic rings. The number of aromatic nitrogens is 4. The van der Waals surface area contributed by atoms with Crippen molar-refractivity contribution in [1.29, 1.82) is 0 Å². The Balaban J connectivity index is 2.34. The molecule has 2 heterocycles. The number of imidazole rings is 1. The number of anilines is 1. The van der Waals surface area contributed by atoms with E-state index in [4.69, 9.17) is 0 Å². The van der Waals surface area contributed by atoms with E-state index in [1.54, 1.807) is 13.4 Å². The van der Waals surface area contributed by atoms with Crippen molar-refractivity contribution in [3.05, 3.63) is 12.2 Å². The van der Waals surface area contributed by atoms with Gasteiger partial charge in [0.05, 0.1) is 6.33 Å². The van der Waals surface area contributed by atoms with Gasteiger partial charge in [-0.1, -0.05) is 19.8 Å². The van der Waals surface area contributed by atoms with Gasteiger partial charge in [-0.05, 0) is 6.42 Å². The molecule has 0 aliphatic carbocycles. The molecule has 1 atom stereocenters. The molecule has 0 amide bonds. The second kappa shape index (κ2) is 5.09. The topological polar surface area (TPSA) is 86.7 Å². The van der Waals surface area contributed by atoms with Crippen LogP contribution in [0.15, 0.2) is 6.33 Å². The van der Waals surface area contributed by atoms with E-state index in [0.29, 0.717) is 23.7 Å². The van der Waals surface area contributed by atoms with Gasteiger partial charge in [-0.15, -0.1) is 0 Å². The van der Waals surface area contributed by atoms with Crippen molar-refractivity contribution in [1.82, 2.24) is 19.9 Å². The number of fused-ring (bicyclic) bond motifs is 1. The van der Waals surface area contributed by atoms with Crippen LogP contribution in [0, 0.1) is 0 Å². The Hall–Kier alpha value is -1.69. The summed E-state index contributed by atoms with van der Waals surface area (Å²) in [7, 11) is 1.78. The number of hydrogen-bond donors (Lipinski definition) is 3. The van der Waals surface area contributed by atoms with E-state index in [2.05, 4.69) is 32.2 Å². The van der Waals surface area contributed by atoms with Crippen molar-refractivity contribution in [2.24, 2.45) is 0 Å². The zero-order valence-electron chi connectivity index (χ0n) is 10.1. The van der Waals surface area contributed by atoms with Gasteiger partial charge in [-0.2, -0.15) is 0 Å². The molecule has 1 unspecified atom stereocenters. The molecular formula is C11H17N5O. The zero-order chi connectivity index (χ0) is 12.3. The van der Waals surface area contributed by atoms with Crippen molar-refractivity contribution in [3.8, 4) is 0 Å². The number of aromatic amines is 1. The van der Waals surface area contributed by atoms with Crippen LogP contribution in [0.2, 0.25) is 0 Å². The number of aliphatic hydroxyl groups excluding tert-OH is 1. The highest BCUT2D eigenvalue weighted by Gasteiger charge is 2.15. The summed E-state index contributed by atoms with van der Waals surface area (Å²) < 4.78 is 0. The fourth-order valence-electron chi connectivity index (χ4n) is 1.71. The van der Waals surface area contributed by atoms with E-state index in [0.717, 1.165) is 18.4 Å². The fourth-order valence-corrected chi connectivity index (χ4v) is 1.71. The third-order valence-electron chi connectivity index (χ3n) is 2.67. The second-order valence-corrected chi connectivity index (χ2v) is 3.94. The van der Waals surface area contributed by atoms with E-state index >= 15 is 0 Å². The predicted octanol–water partition coefficient (Wildman–Crippen LogP) is 1.62. The van der Waals surface area contributed by atoms with Crippen LogP contribution in [0.25, 0.3) is 11.2 Å². The monoisotopic (exact) mass is 235 g/mol. The summed E-state index contributed by atoms with van der Waals surface area (Å²) in [5.41, 5.74) is 1.34. The molecule has 6 heteroatoms. The molecular weight excluding hydrogens is 218 g/mol. The van der Waals surface area contributed by atoms with Gasteiger partial charge >= 0.3 is 0 Å². The lowest BCUT2D eigenvalue weighted by Crippen LogP contribution is -2.07. The van der Waals surface area contributed by atoms with Gasteiger partial charge in [-0.25, -0.2) is 15.0 Å². The normalized spacial score (nSPS) is 12.9. The number of aliphatic hydroxyl groups is 1. The molecule has 0 aromatic carbocycles. The van der Waals surface area contributed by atoms with Gasteiger partial charge in [0.2, 0.25) is 0 Å². The molecule has 17 heavy (non-hydrogen) atoms. The first-order chi connectivity index (χ1) is 8.26. The molecule has 0 bridgehead atoms. The first-order valence-electron chi connectivity index (χ1n) is 5.83. The molecule has 2 aromatic heterocycles. The summed E-state index contributed by atoms with van der Waals surface area (Å²) in [6.07, 6.45) is 3.62. The summed E-state index contributed by atoms with van der Waals surface area (Å²) in [5.74, 6) is 1.10. The van der Waals surface area contributed by atoms with Crippen molar-refractivity contribution in [3.63, 3.8) is 0 Å². The van der Waals surface area contributed by atoms with Gasteiger partial charge in [0.15, 0.2) is 17.3 Å². The molecule has 2 rings (SSSR count). The van der Waals surface area contributed by atoms with E-state index in [-0.39, 0.29) is 0 Å².